The van der Waals surface area contributed by atoms with Crippen molar-refractivity contribution in [2.24, 2.45) is 5.92 Å². The topological polar surface area (TPSA) is 110 Å². The predicted molar refractivity (Wildman–Crippen MR) is 107 cm³/mol. The Morgan fingerprint density at radius 3 is 2.80 bits per heavy atom. The van der Waals surface area contributed by atoms with Gasteiger partial charge in [-0.25, -0.2) is 18.7 Å². The molecule has 8 nitrogen and oxygen atoms in total. The summed E-state index contributed by atoms with van der Waals surface area (Å²) in [5, 5.41) is 13.9. The van der Waals surface area contributed by atoms with Crippen LogP contribution >= 0.6 is 0 Å². The Balaban J connectivity index is 1.45. The number of aryl methyl sites for hydroxylation is 1. The summed E-state index contributed by atoms with van der Waals surface area (Å²) in [4.78, 5) is 22.5. The highest BCUT2D eigenvalue weighted by atomic mass is 19.1. The molecule has 1 aromatic carbocycles. The molecule has 3 aromatic rings. The van der Waals surface area contributed by atoms with Gasteiger partial charge in [0.15, 0.2) is 17.3 Å². The lowest BCUT2D eigenvalue weighted by Crippen LogP contribution is -2.45. The van der Waals surface area contributed by atoms with Crippen LogP contribution in [0.25, 0.3) is 16.6 Å². The van der Waals surface area contributed by atoms with E-state index < -0.39 is 11.6 Å². The van der Waals surface area contributed by atoms with Crippen molar-refractivity contribution in [3.05, 3.63) is 29.6 Å². The average molecular weight is 418 g/mol. The smallest absolute Gasteiger partial charge is 0.225 e. The largest absolute Gasteiger partial charge is 0.393 e. The molecular weight excluding hydrogens is 394 g/mol. The summed E-state index contributed by atoms with van der Waals surface area (Å²) in [7, 11) is 1.78. The first-order valence-electron chi connectivity index (χ1n) is 9.99. The maximum Gasteiger partial charge on any atom is 0.225 e. The third-order valence-corrected chi connectivity index (χ3v) is 5.86. The molecule has 1 aliphatic rings. The van der Waals surface area contributed by atoms with Gasteiger partial charge in [-0.05, 0) is 38.7 Å². The second kappa shape index (κ2) is 7.75. The molecule has 1 fully saturated rings. The number of nitrogen functional groups attached to an aromatic ring is 1. The van der Waals surface area contributed by atoms with Crippen LogP contribution in [0.4, 0.5) is 14.7 Å². The highest BCUT2D eigenvalue weighted by molar-refractivity contribution is 5.92. The fourth-order valence-corrected chi connectivity index (χ4v) is 3.85. The number of aromatic nitrogens is 4. The first kappa shape index (κ1) is 20.4. The van der Waals surface area contributed by atoms with Gasteiger partial charge in [0.05, 0.1) is 11.5 Å². The molecule has 4 rings (SSSR count). The lowest BCUT2D eigenvalue weighted by Gasteiger charge is -2.35. The molecule has 1 saturated carbocycles. The van der Waals surface area contributed by atoms with E-state index in [0.717, 1.165) is 18.9 Å². The van der Waals surface area contributed by atoms with Crippen LogP contribution in [-0.2, 0) is 11.2 Å². The van der Waals surface area contributed by atoms with Crippen LogP contribution in [0.5, 0.6) is 0 Å². The average Bonchev–Trinajstić information content (AvgIpc) is 3.10. The Labute approximate surface area is 171 Å². The zero-order valence-electron chi connectivity index (χ0n) is 16.8. The quantitative estimate of drug-likeness (QED) is 0.634. The first-order valence-corrected chi connectivity index (χ1v) is 9.99. The maximum atomic E-state index is 14.0. The highest BCUT2D eigenvalue weighted by Crippen LogP contribution is 2.29. The molecule has 160 valence electrons. The van der Waals surface area contributed by atoms with Crippen LogP contribution < -0.4 is 5.73 Å². The Hall–Kier alpha value is -2.88. The third-order valence-electron chi connectivity index (χ3n) is 5.86. The SMILES string of the molecule is C[C@@H](CCCc1nc2c3cc(F)cc(F)c3nc(N)n2n1)N(C)C(=O)C1CC(O)C1. The van der Waals surface area contributed by atoms with Gasteiger partial charge in [0.25, 0.3) is 0 Å². The molecular formula is C20H24F2N6O2. The molecule has 2 heterocycles. The van der Waals surface area contributed by atoms with Crippen LogP contribution in [0.3, 0.4) is 0 Å². The number of fused-ring (bicyclic) bond motifs is 3. The number of amides is 1. The highest BCUT2D eigenvalue weighted by Gasteiger charge is 2.35. The summed E-state index contributed by atoms with van der Waals surface area (Å²) in [6, 6.07) is 1.95. The van der Waals surface area contributed by atoms with E-state index in [2.05, 4.69) is 15.1 Å². The number of nitrogens with zero attached hydrogens (tertiary/aromatic N) is 5. The van der Waals surface area contributed by atoms with Crippen molar-refractivity contribution in [3.63, 3.8) is 0 Å². The second-order valence-electron chi connectivity index (χ2n) is 8.03. The predicted octanol–water partition coefficient (Wildman–Crippen LogP) is 2.08. The van der Waals surface area contributed by atoms with E-state index >= 15 is 0 Å². The van der Waals surface area contributed by atoms with Crippen LogP contribution in [0.1, 0.15) is 38.4 Å². The molecule has 0 saturated heterocycles. The number of rotatable bonds is 6. The van der Waals surface area contributed by atoms with Gasteiger partial charge in [-0.15, -0.1) is 5.10 Å². The number of anilines is 1. The molecule has 2 aromatic heterocycles. The molecule has 0 radical (unpaired) electrons. The Morgan fingerprint density at radius 2 is 2.10 bits per heavy atom. The molecule has 1 atom stereocenters. The minimum absolute atomic E-state index is 0.0249. The van der Waals surface area contributed by atoms with Crippen molar-refractivity contribution in [2.45, 2.75) is 51.2 Å². The van der Waals surface area contributed by atoms with Crippen LogP contribution in [0.2, 0.25) is 0 Å². The first-order chi connectivity index (χ1) is 14.2. The number of halogens is 2. The van der Waals surface area contributed by atoms with Crippen LogP contribution in [-0.4, -0.2) is 54.7 Å². The van der Waals surface area contributed by atoms with Gasteiger partial charge in [-0.1, -0.05) is 0 Å². The zero-order chi connectivity index (χ0) is 21.6. The lowest BCUT2D eigenvalue weighted by atomic mass is 9.81. The minimum Gasteiger partial charge on any atom is -0.393 e. The molecule has 3 N–H and O–H groups in total. The summed E-state index contributed by atoms with van der Waals surface area (Å²) in [5.41, 5.74) is 6.09. The normalized spacial score (nSPS) is 19.8. The fraction of sp³-hybridized carbons (Fsp3) is 0.500. The molecule has 0 bridgehead atoms. The van der Waals surface area contributed by atoms with E-state index in [4.69, 9.17) is 5.73 Å². The van der Waals surface area contributed by atoms with Crippen molar-refractivity contribution in [1.82, 2.24) is 24.5 Å². The Bertz CT molecular complexity index is 1110. The number of carbonyl (C=O) groups excluding carboxylic acids is 1. The van der Waals surface area contributed by atoms with E-state index in [-0.39, 0.29) is 46.5 Å². The summed E-state index contributed by atoms with van der Waals surface area (Å²) < 4.78 is 29.0. The summed E-state index contributed by atoms with van der Waals surface area (Å²) in [6.45, 7) is 1.98. The van der Waals surface area contributed by atoms with Crippen molar-refractivity contribution in [1.29, 1.82) is 0 Å². The number of carbonyl (C=O) groups is 1. The minimum atomic E-state index is -0.802. The van der Waals surface area contributed by atoms with Crippen molar-refractivity contribution in [2.75, 3.05) is 12.8 Å². The third kappa shape index (κ3) is 3.67. The number of nitrogens with two attached hydrogens (primary N) is 1. The summed E-state index contributed by atoms with van der Waals surface area (Å²) >= 11 is 0. The van der Waals surface area contributed by atoms with Gasteiger partial charge in [0.2, 0.25) is 11.9 Å². The van der Waals surface area contributed by atoms with Gasteiger partial charge in [-0.2, -0.15) is 4.52 Å². The maximum absolute atomic E-state index is 14.0. The summed E-state index contributed by atoms with van der Waals surface area (Å²) in [6.07, 6.45) is 2.69. The number of aliphatic hydroxyl groups is 1. The van der Waals surface area contributed by atoms with E-state index in [9.17, 15) is 18.7 Å². The molecule has 0 aliphatic heterocycles. The van der Waals surface area contributed by atoms with Crippen molar-refractivity contribution < 1.29 is 18.7 Å². The fourth-order valence-electron chi connectivity index (χ4n) is 3.85. The van der Waals surface area contributed by atoms with Crippen LogP contribution in [0.15, 0.2) is 12.1 Å². The molecule has 10 heteroatoms. The Morgan fingerprint density at radius 1 is 1.37 bits per heavy atom. The number of hydrogen-bond donors (Lipinski definition) is 2. The van der Waals surface area contributed by atoms with E-state index in [1.165, 1.54) is 10.6 Å². The Kier molecular flexibility index (Phi) is 5.27. The van der Waals surface area contributed by atoms with Crippen molar-refractivity contribution in [3.8, 4) is 0 Å². The van der Waals surface area contributed by atoms with E-state index in [1.54, 1.807) is 11.9 Å². The van der Waals surface area contributed by atoms with Gasteiger partial charge in [0.1, 0.15) is 11.3 Å². The second-order valence-corrected chi connectivity index (χ2v) is 8.03. The number of aliphatic hydroxyl groups excluding tert-OH is 1. The zero-order valence-corrected chi connectivity index (χ0v) is 16.8. The monoisotopic (exact) mass is 418 g/mol. The van der Waals surface area contributed by atoms with Gasteiger partial charge < -0.3 is 15.7 Å². The van der Waals surface area contributed by atoms with Crippen LogP contribution in [0, 0.1) is 17.6 Å². The standard InChI is InChI=1S/C20H24F2N6O2/c1-10(27(2)19(30)11-6-13(29)7-11)4-3-5-16-24-18-14-8-12(21)9-15(22)17(14)25-20(23)28(18)26-16/h8-11,13,29H,3-7H2,1-2H3,(H2,23,25)/t10-,11?,13?/m0/s1. The van der Waals surface area contributed by atoms with Gasteiger partial charge >= 0.3 is 0 Å². The van der Waals surface area contributed by atoms with E-state index in [0.29, 0.717) is 25.1 Å². The molecule has 0 unspecified atom stereocenters. The van der Waals surface area contributed by atoms with Gasteiger partial charge in [0, 0.05) is 31.5 Å². The summed E-state index contributed by atoms with van der Waals surface area (Å²) in [5.74, 6) is -1.08. The molecule has 30 heavy (non-hydrogen) atoms. The number of hydrogen-bond acceptors (Lipinski definition) is 6. The lowest BCUT2D eigenvalue weighted by molar-refractivity contribution is -0.142. The van der Waals surface area contributed by atoms with Crippen molar-refractivity contribution >= 4 is 28.4 Å². The molecule has 1 amide bonds. The van der Waals surface area contributed by atoms with E-state index in [1.807, 2.05) is 6.92 Å². The molecule has 0 spiro atoms. The molecule has 1 aliphatic carbocycles. The number of benzene rings is 1. The van der Waals surface area contributed by atoms with Gasteiger partial charge in [-0.3, -0.25) is 4.79 Å².